The molecule has 0 atom stereocenters. The molecule has 2 amide bonds. The number of unbranched alkanes of at least 4 members (excludes halogenated alkanes) is 1. The standard InChI is InChI=1S/C15H19BrN2O2/c1-2-7-17-8-3-4-9-18-14(19)12-6-5-11(16)10-13(12)15(18)20/h5-6,10,17H,2-4,7-9H2,1H3. The molecule has 1 aromatic rings. The highest BCUT2D eigenvalue weighted by Gasteiger charge is 2.34. The van der Waals surface area contributed by atoms with Crippen LogP contribution in [0.1, 0.15) is 46.9 Å². The van der Waals surface area contributed by atoms with Crippen molar-refractivity contribution in [2.45, 2.75) is 26.2 Å². The summed E-state index contributed by atoms with van der Waals surface area (Å²) in [5.74, 6) is -0.341. The van der Waals surface area contributed by atoms with E-state index in [2.05, 4.69) is 28.2 Å². The van der Waals surface area contributed by atoms with Crippen molar-refractivity contribution in [3.8, 4) is 0 Å². The van der Waals surface area contributed by atoms with Crippen LogP contribution in [-0.4, -0.2) is 36.3 Å². The zero-order valence-electron chi connectivity index (χ0n) is 11.6. The van der Waals surface area contributed by atoms with E-state index in [1.807, 2.05) is 0 Å². The fraction of sp³-hybridized carbons (Fsp3) is 0.467. The first-order chi connectivity index (χ1) is 9.65. The van der Waals surface area contributed by atoms with Crippen LogP contribution < -0.4 is 5.32 Å². The van der Waals surface area contributed by atoms with E-state index >= 15 is 0 Å². The van der Waals surface area contributed by atoms with Gasteiger partial charge in [0.05, 0.1) is 11.1 Å². The molecular formula is C15H19BrN2O2. The number of nitrogens with zero attached hydrogens (tertiary/aromatic N) is 1. The Morgan fingerprint density at radius 2 is 1.85 bits per heavy atom. The Hall–Kier alpha value is -1.20. The molecular weight excluding hydrogens is 320 g/mol. The molecule has 0 bridgehead atoms. The molecule has 1 aromatic carbocycles. The largest absolute Gasteiger partial charge is 0.317 e. The monoisotopic (exact) mass is 338 g/mol. The number of amides is 2. The predicted octanol–water partition coefficient (Wildman–Crippen LogP) is 2.82. The number of benzene rings is 1. The quantitative estimate of drug-likeness (QED) is 0.614. The van der Waals surface area contributed by atoms with Gasteiger partial charge in [0.2, 0.25) is 0 Å². The van der Waals surface area contributed by atoms with Crippen molar-refractivity contribution >= 4 is 27.7 Å². The first-order valence-electron chi connectivity index (χ1n) is 7.01. The Morgan fingerprint density at radius 1 is 1.10 bits per heavy atom. The van der Waals surface area contributed by atoms with Crippen LogP contribution in [0.4, 0.5) is 0 Å². The molecule has 0 saturated heterocycles. The highest BCUT2D eigenvalue weighted by Crippen LogP contribution is 2.26. The van der Waals surface area contributed by atoms with Crippen molar-refractivity contribution < 1.29 is 9.59 Å². The summed E-state index contributed by atoms with van der Waals surface area (Å²) in [7, 11) is 0. The fourth-order valence-electron chi connectivity index (χ4n) is 2.29. The molecule has 1 aliphatic rings. The molecule has 1 N–H and O–H groups in total. The van der Waals surface area contributed by atoms with Gasteiger partial charge in [0.25, 0.3) is 11.8 Å². The van der Waals surface area contributed by atoms with Crippen LogP contribution in [-0.2, 0) is 0 Å². The number of hydrogen-bond acceptors (Lipinski definition) is 3. The average molecular weight is 339 g/mol. The summed E-state index contributed by atoms with van der Waals surface area (Å²) in [6, 6.07) is 5.23. The number of hydrogen-bond donors (Lipinski definition) is 1. The summed E-state index contributed by atoms with van der Waals surface area (Å²) in [4.78, 5) is 25.7. The normalized spacial score (nSPS) is 14.0. The highest BCUT2D eigenvalue weighted by atomic mass is 79.9. The van der Waals surface area contributed by atoms with E-state index in [1.165, 1.54) is 4.90 Å². The van der Waals surface area contributed by atoms with Crippen LogP contribution in [0.5, 0.6) is 0 Å². The number of halogens is 1. The maximum absolute atomic E-state index is 12.2. The van der Waals surface area contributed by atoms with E-state index in [0.717, 1.165) is 36.8 Å². The van der Waals surface area contributed by atoms with Gasteiger partial charge in [-0.3, -0.25) is 14.5 Å². The van der Waals surface area contributed by atoms with Gasteiger partial charge in [-0.2, -0.15) is 0 Å². The summed E-state index contributed by atoms with van der Waals surface area (Å²) in [6.45, 7) is 4.57. The van der Waals surface area contributed by atoms with E-state index in [4.69, 9.17) is 0 Å². The second-order valence-electron chi connectivity index (χ2n) is 4.91. The van der Waals surface area contributed by atoms with Gasteiger partial charge < -0.3 is 5.32 Å². The molecule has 0 aromatic heterocycles. The molecule has 5 heteroatoms. The SMILES string of the molecule is CCCNCCCCN1C(=O)c2ccc(Br)cc2C1=O. The molecule has 4 nitrogen and oxygen atoms in total. The van der Waals surface area contributed by atoms with E-state index in [0.29, 0.717) is 17.7 Å². The summed E-state index contributed by atoms with van der Waals surface area (Å²) in [5, 5.41) is 3.31. The number of carbonyl (C=O) groups is 2. The van der Waals surface area contributed by atoms with E-state index in [-0.39, 0.29) is 11.8 Å². The van der Waals surface area contributed by atoms with Crippen LogP contribution in [0.25, 0.3) is 0 Å². The lowest BCUT2D eigenvalue weighted by molar-refractivity contribution is 0.0651. The number of imide groups is 1. The third kappa shape index (κ3) is 3.27. The Labute approximate surface area is 127 Å². The first-order valence-corrected chi connectivity index (χ1v) is 7.81. The van der Waals surface area contributed by atoms with Gasteiger partial charge in [-0.25, -0.2) is 0 Å². The van der Waals surface area contributed by atoms with Gasteiger partial charge >= 0.3 is 0 Å². The molecule has 2 rings (SSSR count). The number of rotatable bonds is 7. The summed E-state index contributed by atoms with van der Waals surface area (Å²) >= 11 is 3.33. The third-order valence-electron chi connectivity index (χ3n) is 3.34. The van der Waals surface area contributed by atoms with Crippen LogP contribution >= 0.6 is 15.9 Å². The van der Waals surface area contributed by atoms with Gasteiger partial charge in [0.1, 0.15) is 0 Å². The molecule has 1 aliphatic heterocycles. The second kappa shape index (κ2) is 6.99. The highest BCUT2D eigenvalue weighted by molar-refractivity contribution is 9.10. The molecule has 1 heterocycles. The second-order valence-corrected chi connectivity index (χ2v) is 5.82. The summed E-state index contributed by atoms with van der Waals surface area (Å²) in [6.07, 6.45) is 2.92. The Bertz CT molecular complexity index is 517. The van der Waals surface area contributed by atoms with Crippen molar-refractivity contribution in [3.05, 3.63) is 33.8 Å². The van der Waals surface area contributed by atoms with Gasteiger partial charge in [0, 0.05) is 11.0 Å². The van der Waals surface area contributed by atoms with E-state index < -0.39 is 0 Å². The van der Waals surface area contributed by atoms with Gasteiger partial charge in [-0.05, 0) is 50.6 Å². The molecule has 108 valence electrons. The Kier molecular flexibility index (Phi) is 5.31. The molecule has 0 spiro atoms. The maximum Gasteiger partial charge on any atom is 0.261 e. The number of nitrogens with one attached hydrogen (secondary N) is 1. The predicted molar refractivity (Wildman–Crippen MR) is 81.9 cm³/mol. The number of carbonyl (C=O) groups excluding carboxylic acids is 2. The molecule has 0 unspecified atom stereocenters. The lowest BCUT2D eigenvalue weighted by Gasteiger charge is -2.13. The van der Waals surface area contributed by atoms with Crippen molar-refractivity contribution in [3.63, 3.8) is 0 Å². The van der Waals surface area contributed by atoms with Crippen molar-refractivity contribution in [1.82, 2.24) is 10.2 Å². The van der Waals surface area contributed by atoms with Crippen LogP contribution in [0.15, 0.2) is 22.7 Å². The molecule has 0 aliphatic carbocycles. The lowest BCUT2D eigenvalue weighted by atomic mass is 10.1. The minimum atomic E-state index is -0.173. The van der Waals surface area contributed by atoms with E-state index in [9.17, 15) is 9.59 Å². The maximum atomic E-state index is 12.2. The molecule has 0 radical (unpaired) electrons. The van der Waals surface area contributed by atoms with Crippen LogP contribution in [0.3, 0.4) is 0 Å². The fourth-order valence-corrected chi connectivity index (χ4v) is 2.65. The van der Waals surface area contributed by atoms with E-state index in [1.54, 1.807) is 18.2 Å². The van der Waals surface area contributed by atoms with Crippen molar-refractivity contribution in [2.24, 2.45) is 0 Å². The lowest BCUT2D eigenvalue weighted by Crippen LogP contribution is -2.31. The smallest absolute Gasteiger partial charge is 0.261 e. The minimum absolute atomic E-state index is 0.168. The molecule has 0 saturated carbocycles. The summed E-state index contributed by atoms with van der Waals surface area (Å²) in [5.41, 5.74) is 1.02. The van der Waals surface area contributed by atoms with Gasteiger partial charge in [-0.15, -0.1) is 0 Å². The summed E-state index contributed by atoms with van der Waals surface area (Å²) < 4.78 is 0.822. The molecule has 0 fully saturated rings. The van der Waals surface area contributed by atoms with Crippen molar-refractivity contribution in [2.75, 3.05) is 19.6 Å². The van der Waals surface area contributed by atoms with Crippen LogP contribution in [0, 0.1) is 0 Å². The Balaban J connectivity index is 1.89. The van der Waals surface area contributed by atoms with Gasteiger partial charge in [-0.1, -0.05) is 22.9 Å². The average Bonchev–Trinajstić information content (AvgIpc) is 2.67. The van der Waals surface area contributed by atoms with Crippen LogP contribution in [0.2, 0.25) is 0 Å². The zero-order chi connectivity index (χ0) is 14.5. The zero-order valence-corrected chi connectivity index (χ0v) is 13.2. The Morgan fingerprint density at radius 3 is 2.60 bits per heavy atom. The third-order valence-corrected chi connectivity index (χ3v) is 3.84. The van der Waals surface area contributed by atoms with Crippen molar-refractivity contribution in [1.29, 1.82) is 0 Å². The number of fused-ring (bicyclic) bond motifs is 1. The topological polar surface area (TPSA) is 49.4 Å². The minimum Gasteiger partial charge on any atom is -0.317 e. The molecule has 20 heavy (non-hydrogen) atoms. The van der Waals surface area contributed by atoms with Gasteiger partial charge in [0.15, 0.2) is 0 Å². The first kappa shape index (κ1) is 15.2.